The van der Waals surface area contributed by atoms with Crippen LogP contribution in [-0.2, 0) is 4.43 Å². The summed E-state index contributed by atoms with van der Waals surface area (Å²) in [6, 6.07) is 9.48. The zero-order valence-electron chi connectivity index (χ0n) is 25.7. The van der Waals surface area contributed by atoms with E-state index in [4.69, 9.17) is 9.16 Å². The fourth-order valence-electron chi connectivity index (χ4n) is 4.44. The first-order chi connectivity index (χ1) is 19.9. The zero-order valence-corrected chi connectivity index (χ0v) is 26.7. The molecule has 1 fully saturated rings. The minimum absolute atomic E-state index is 0.101. The Morgan fingerprint density at radius 2 is 1.98 bits per heavy atom. The van der Waals surface area contributed by atoms with Crippen molar-refractivity contribution in [1.29, 1.82) is 0 Å². The van der Waals surface area contributed by atoms with Crippen LogP contribution < -0.4 is 10.1 Å². The number of rotatable bonds is 10. The average molecular weight is 589 g/mol. The molecule has 12 heteroatoms. The van der Waals surface area contributed by atoms with E-state index >= 15 is 0 Å². The van der Waals surface area contributed by atoms with Crippen molar-refractivity contribution in [2.45, 2.75) is 77.7 Å². The van der Waals surface area contributed by atoms with Crippen LogP contribution in [0.5, 0.6) is 5.75 Å². The number of aryl methyl sites for hydroxylation is 1. The molecule has 11 nitrogen and oxygen atoms in total. The maximum Gasteiger partial charge on any atom is 0.260 e. The molecule has 3 heterocycles. The van der Waals surface area contributed by atoms with E-state index in [-0.39, 0.29) is 17.0 Å². The zero-order chi connectivity index (χ0) is 30.2. The van der Waals surface area contributed by atoms with Crippen LogP contribution in [0.2, 0.25) is 18.1 Å². The van der Waals surface area contributed by atoms with Crippen LogP contribution in [0.15, 0.2) is 42.7 Å². The number of hydrogen-bond acceptors (Lipinski definition) is 8. The van der Waals surface area contributed by atoms with E-state index in [1.165, 1.54) is 0 Å². The number of carbonyl (C=O) groups is 1. The molecule has 1 aliphatic rings. The van der Waals surface area contributed by atoms with Gasteiger partial charge >= 0.3 is 0 Å². The predicted molar refractivity (Wildman–Crippen MR) is 164 cm³/mol. The predicted octanol–water partition coefficient (Wildman–Crippen LogP) is 6.09. The number of hydrogen-bond donors (Lipinski definition) is 1. The molecule has 0 bridgehead atoms. The van der Waals surface area contributed by atoms with E-state index in [1.54, 1.807) is 17.9 Å². The van der Waals surface area contributed by atoms with Crippen LogP contribution in [0.4, 0.5) is 5.82 Å². The van der Waals surface area contributed by atoms with Crippen LogP contribution in [0, 0.1) is 6.92 Å². The lowest BCUT2D eigenvalue weighted by molar-refractivity contribution is 0.102. The number of aromatic nitrogens is 7. The lowest BCUT2D eigenvalue weighted by Gasteiger charge is -2.36. The van der Waals surface area contributed by atoms with E-state index < -0.39 is 8.32 Å². The molecule has 0 radical (unpaired) electrons. The first-order valence-corrected chi connectivity index (χ1v) is 17.2. The molecule has 222 valence electrons. The van der Waals surface area contributed by atoms with Gasteiger partial charge in [-0.15, -0.1) is 5.10 Å². The summed E-state index contributed by atoms with van der Waals surface area (Å²) in [6.45, 7) is 15.6. The molecule has 42 heavy (non-hydrogen) atoms. The maximum absolute atomic E-state index is 13.5. The number of anilines is 1. The summed E-state index contributed by atoms with van der Waals surface area (Å²) in [5.74, 6) is 1.03. The monoisotopic (exact) mass is 588 g/mol. The van der Waals surface area contributed by atoms with Gasteiger partial charge < -0.3 is 14.5 Å². The highest BCUT2D eigenvalue weighted by Gasteiger charge is 2.37. The molecule has 0 aliphatic heterocycles. The minimum atomic E-state index is -1.93. The van der Waals surface area contributed by atoms with Gasteiger partial charge in [-0.3, -0.25) is 9.48 Å². The van der Waals surface area contributed by atoms with Gasteiger partial charge in [-0.25, -0.2) is 9.67 Å². The lowest BCUT2D eigenvalue weighted by atomic mass is 9.99. The van der Waals surface area contributed by atoms with E-state index in [1.807, 2.05) is 55.2 Å². The highest BCUT2D eigenvalue weighted by atomic mass is 28.4. The van der Waals surface area contributed by atoms with Crippen LogP contribution >= 0.6 is 0 Å². The number of carbonyl (C=O) groups excluding carboxylic acids is 1. The summed E-state index contributed by atoms with van der Waals surface area (Å²) in [7, 11) is -0.374. The number of pyridine rings is 1. The van der Waals surface area contributed by atoms with Crippen molar-refractivity contribution in [3.8, 4) is 28.4 Å². The molecule has 1 atom stereocenters. The second-order valence-electron chi connectivity index (χ2n) is 12.5. The van der Waals surface area contributed by atoms with Crippen molar-refractivity contribution in [2.24, 2.45) is 0 Å². The Kier molecular flexibility index (Phi) is 8.03. The van der Waals surface area contributed by atoms with Crippen LogP contribution in [0.3, 0.4) is 0 Å². The fourth-order valence-corrected chi connectivity index (χ4v) is 5.53. The van der Waals surface area contributed by atoms with Crippen LogP contribution in [0.25, 0.3) is 22.6 Å². The molecule has 5 rings (SSSR count). The van der Waals surface area contributed by atoms with E-state index in [0.717, 1.165) is 29.5 Å². The first-order valence-electron chi connectivity index (χ1n) is 14.3. The second-order valence-corrected chi connectivity index (χ2v) is 17.3. The average Bonchev–Trinajstić information content (AvgIpc) is 3.46. The molecule has 1 amide bonds. The Labute approximate surface area is 247 Å². The van der Waals surface area contributed by atoms with Gasteiger partial charge in [0.25, 0.3) is 5.91 Å². The normalized spacial score (nSPS) is 14.6. The van der Waals surface area contributed by atoms with Gasteiger partial charge in [0, 0.05) is 11.8 Å². The van der Waals surface area contributed by atoms with Gasteiger partial charge in [0.1, 0.15) is 17.3 Å². The van der Waals surface area contributed by atoms with Crippen molar-refractivity contribution in [3.05, 3.63) is 53.9 Å². The third kappa shape index (κ3) is 6.14. The van der Waals surface area contributed by atoms with Crippen molar-refractivity contribution in [3.63, 3.8) is 0 Å². The molecule has 1 saturated carbocycles. The number of amides is 1. The van der Waals surface area contributed by atoms with Crippen LogP contribution in [0.1, 0.15) is 68.5 Å². The Balaban J connectivity index is 1.36. The molecule has 1 aromatic carbocycles. The largest absolute Gasteiger partial charge is 0.496 e. The molecule has 1 N–H and O–H groups in total. The topological polar surface area (TPSA) is 122 Å². The summed E-state index contributed by atoms with van der Waals surface area (Å²) < 4.78 is 15.7. The Morgan fingerprint density at radius 1 is 1.21 bits per heavy atom. The minimum Gasteiger partial charge on any atom is -0.496 e. The summed E-state index contributed by atoms with van der Waals surface area (Å²) >= 11 is 0. The molecule has 1 aliphatic carbocycles. The standard InChI is InChI=1S/C30H40N8O3Si/c1-19-14-26(40-6)24(15-23(19)21-16-31-37(17-21)22-12-13-22)29(39)33-27-11-9-10-25(32-27)28-34-35-36-38(28)20(2)18-41-42(7,8)30(3,4)5/h9-11,14-17,20,22H,12-13,18H2,1-8H3,(H,32,33,39)/t20-/m1/s1. The number of nitrogens with zero attached hydrogens (tertiary/aromatic N) is 7. The highest BCUT2D eigenvalue weighted by molar-refractivity contribution is 6.74. The molecule has 0 spiro atoms. The number of benzene rings is 1. The summed E-state index contributed by atoms with van der Waals surface area (Å²) in [4.78, 5) is 18.2. The number of tetrazole rings is 1. The molecular formula is C30H40N8O3Si. The van der Waals surface area contributed by atoms with Crippen molar-refractivity contribution >= 4 is 20.0 Å². The van der Waals surface area contributed by atoms with E-state index in [9.17, 15) is 4.79 Å². The summed E-state index contributed by atoms with van der Waals surface area (Å²) in [5, 5.41) is 19.9. The number of nitrogens with one attached hydrogen (secondary N) is 1. The Morgan fingerprint density at radius 3 is 2.67 bits per heavy atom. The van der Waals surface area contributed by atoms with Gasteiger partial charge in [-0.05, 0) is 90.6 Å². The maximum atomic E-state index is 13.5. The smallest absolute Gasteiger partial charge is 0.260 e. The summed E-state index contributed by atoms with van der Waals surface area (Å²) in [5.41, 5.74) is 3.85. The number of methoxy groups -OCH3 is 1. The van der Waals surface area contributed by atoms with Crippen molar-refractivity contribution in [1.82, 2.24) is 35.0 Å². The Bertz CT molecular complexity index is 1590. The molecular weight excluding hydrogens is 548 g/mol. The fraction of sp³-hybridized carbons (Fsp3) is 0.467. The molecule has 3 aromatic heterocycles. The van der Waals surface area contributed by atoms with E-state index in [2.05, 4.69) is 64.8 Å². The molecule has 0 saturated heterocycles. The van der Waals surface area contributed by atoms with Crippen molar-refractivity contribution < 1.29 is 14.0 Å². The third-order valence-electron chi connectivity index (χ3n) is 8.25. The summed E-state index contributed by atoms with van der Waals surface area (Å²) in [6.07, 6.45) is 6.20. The van der Waals surface area contributed by atoms with Crippen molar-refractivity contribution in [2.75, 3.05) is 19.0 Å². The Hall–Kier alpha value is -3.90. The van der Waals surface area contributed by atoms with Gasteiger partial charge in [0.05, 0.1) is 37.6 Å². The highest BCUT2D eigenvalue weighted by Crippen LogP contribution is 2.38. The molecule has 0 unspecified atom stereocenters. The van der Waals surface area contributed by atoms with Gasteiger partial charge in [-0.2, -0.15) is 5.10 Å². The van der Waals surface area contributed by atoms with Gasteiger partial charge in [0.2, 0.25) is 5.82 Å². The number of ether oxygens (including phenoxy) is 1. The van der Waals surface area contributed by atoms with Crippen LogP contribution in [-0.4, -0.2) is 62.9 Å². The van der Waals surface area contributed by atoms with Gasteiger partial charge in [0.15, 0.2) is 8.32 Å². The van der Waals surface area contributed by atoms with E-state index in [0.29, 0.717) is 41.3 Å². The SMILES string of the molecule is COc1cc(C)c(-c2cnn(C3CC3)c2)cc1C(=O)Nc1cccc(-c2nnnn2[C@H](C)CO[Si](C)(C)C(C)(C)C)n1. The lowest BCUT2D eigenvalue weighted by Crippen LogP contribution is -2.42. The molecule has 4 aromatic rings. The first kappa shape index (κ1) is 29.6. The second kappa shape index (κ2) is 11.4. The quantitative estimate of drug-likeness (QED) is 0.221. The third-order valence-corrected chi connectivity index (χ3v) is 12.7. The van der Waals surface area contributed by atoms with Gasteiger partial charge in [-0.1, -0.05) is 26.8 Å².